The topological polar surface area (TPSA) is 55.1 Å². The van der Waals surface area contributed by atoms with Gasteiger partial charge in [0.2, 0.25) is 0 Å². The summed E-state index contributed by atoms with van der Waals surface area (Å²) in [6.07, 6.45) is 4.16. The van der Waals surface area contributed by atoms with E-state index < -0.39 is 6.03 Å². The fraction of sp³-hybridized carbons (Fsp3) is 0.875. The number of hydrogen-bond acceptors (Lipinski definition) is 2. The minimum Gasteiger partial charge on any atom is -0.352 e. The minimum absolute atomic E-state index is 0.162. The Morgan fingerprint density at radius 2 is 2.00 bits per heavy atom. The second kappa shape index (κ2) is 5.30. The zero-order valence-electron chi connectivity index (χ0n) is 8.02. The normalized spacial score (nSPS) is 11.2. The summed E-state index contributed by atoms with van der Waals surface area (Å²) >= 11 is 1.79. The molecule has 0 bridgehead atoms. The third-order valence-electron chi connectivity index (χ3n) is 2.31. The number of amides is 2. The lowest BCUT2D eigenvalue weighted by Gasteiger charge is -2.29. The molecule has 0 fully saturated rings. The van der Waals surface area contributed by atoms with Crippen molar-refractivity contribution < 1.29 is 4.79 Å². The van der Waals surface area contributed by atoms with E-state index >= 15 is 0 Å². The van der Waals surface area contributed by atoms with Crippen molar-refractivity contribution in [2.45, 2.75) is 31.4 Å². The van der Waals surface area contributed by atoms with Gasteiger partial charge in [-0.1, -0.05) is 13.8 Å². The number of nitrogens with one attached hydrogen (secondary N) is 1. The van der Waals surface area contributed by atoms with E-state index in [4.69, 9.17) is 5.73 Å². The first-order valence-electron chi connectivity index (χ1n) is 4.18. The Labute approximate surface area is 78.5 Å². The number of hydrogen-bond donors (Lipinski definition) is 2. The maximum atomic E-state index is 10.5. The van der Waals surface area contributed by atoms with Crippen LogP contribution in [0, 0.1) is 0 Å². The van der Waals surface area contributed by atoms with Crippen molar-refractivity contribution >= 4 is 17.8 Å². The van der Waals surface area contributed by atoms with Crippen molar-refractivity contribution in [2.24, 2.45) is 5.73 Å². The Bertz CT molecular complexity index is 138. The molecule has 0 saturated heterocycles. The Morgan fingerprint density at radius 3 is 2.25 bits per heavy atom. The van der Waals surface area contributed by atoms with Crippen LogP contribution >= 0.6 is 11.8 Å². The van der Waals surface area contributed by atoms with Gasteiger partial charge in [-0.15, -0.1) is 0 Å². The number of carbonyl (C=O) groups is 1. The van der Waals surface area contributed by atoms with E-state index in [1.165, 1.54) is 0 Å². The molecule has 0 aliphatic carbocycles. The average molecular weight is 190 g/mol. The molecule has 0 rings (SSSR count). The van der Waals surface area contributed by atoms with Crippen molar-refractivity contribution in [3.8, 4) is 0 Å². The van der Waals surface area contributed by atoms with Gasteiger partial charge in [-0.25, -0.2) is 4.79 Å². The van der Waals surface area contributed by atoms with Crippen LogP contribution in [0.4, 0.5) is 4.79 Å². The van der Waals surface area contributed by atoms with Gasteiger partial charge in [0, 0.05) is 11.3 Å². The Kier molecular flexibility index (Phi) is 5.13. The van der Waals surface area contributed by atoms with Crippen LogP contribution in [-0.4, -0.2) is 23.6 Å². The van der Waals surface area contributed by atoms with Crippen molar-refractivity contribution in [1.29, 1.82) is 0 Å². The number of urea groups is 1. The van der Waals surface area contributed by atoms with Crippen molar-refractivity contribution in [3.63, 3.8) is 0 Å². The van der Waals surface area contributed by atoms with E-state index in [0.717, 1.165) is 12.8 Å². The van der Waals surface area contributed by atoms with Gasteiger partial charge in [-0.2, -0.15) is 11.8 Å². The number of thioether (sulfide) groups is 1. The molecule has 2 amide bonds. The first-order valence-corrected chi connectivity index (χ1v) is 5.41. The summed E-state index contributed by atoms with van der Waals surface area (Å²) in [5.74, 6) is 0. The molecule has 4 heteroatoms. The van der Waals surface area contributed by atoms with Gasteiger partial charge >= 0.3 is 6.03 Å². The highest BCUT2D eigenvalue weighted by Crippen LogP contribution is 2.29. The summed E-state index contributed by atoms with van der Waals surface area (Å²) in [6, 6.07) is -0.435. The summed E-state index contributed by atoms with van der Waals surface area (Å²) in [5, 5.41) is 2.66. The van der Waals surface area contributed by atoms with Gasteiger partial charge in [0.25, 0.3) is 0 Å². The summed E-state index contributed by atoms with van der Waals surface area (Å²) in [6.45, 7) is 4.92. The fourth-order valence-corrected chi connectivity index (χ4v) is 1.90. The molecule has 0 aliphatic heterocycles. The molecule has 0 radical (unpaired) electrons. The molecule has 0 aromatic heterocycles. The molecule has 0 unspecified atom stereocenters. The minimum atomic E-state index is -0.435. The molecule has 0 spiro atoms. The van der Waals surface area contributed by atoms with Crippen LogP contribution in [0.1, 0.15) is 26.7 Å². The maximum Gasteiger partial charge on any atom is 0.312 e. The first kappa shape index (κ1) is 11.6. The summed E-state index contributed by atoms with van der Waals surface area (Å²) < 4.78 is 0.162. The lowest BCUT2D eigenvalue weighted by atomic mass is 10.0. The Morgan fingerprint density at radius 1 is 1.50 bits per heavy atom. The monoisotopic (exact) mass is 190 g/mol. The van der Waals surface area contributed by atoms with Crippen molar-refractivity contribution in [3.05, 3.63) is 0 Å². The van der Waals surface area contributed by atoms with Crippen LogP contribution in [0.2, 0.25) is 0 Å². The highest BCUT2D eigenvalue weighted by Gasteiger charge is 2.24. The predicted octanol–water partition coefficient (Wildman–Crippen LogP) is 1.58. The van der Waals surface area contributed by atoms with Gasteiger partial charge in [0.15, 0.2) is 0 Å². The third-order valence-corrected chi connectivity index (χ3v) is 3.89. The number of primary amides is 1. The second-order valence-electron chi connectivity index (χ2n) is 2.81. The Hall–Kier alpha value is -0.380. The van der Waals surface area contributed by atoms with E-state index in [0.29, 0.717) is 6.54 Å². The number of carbonyl (C=O) groups excluding carboxylic acids is 1. The highest BCUT2D eigenvalue weighted by molar-refractivity contribution is 8.00. The predicted molar refractivity (Wildman–Crippen MR) is 54.4 cm³/mol. The molecule has 0 atom stereocenters. The Balaban J connectivity index is 4.01. The van der Waals surface area contributed by atoms with E-state index in [-0.39, 0.29) is 4.75 Å². The number of rotatable bonds is 5. The molecule has 0 heterocycles. The third kappa shape index (κ3) is 3.34. The smallest absolute Gasteiger partial charge is 0.312 e. The van der Waals surface area contributed by atoms with E-state index in [9.17, 15) is 4.79 Å². The van der Waals surface area contributed by atoms with Crippen molar-refractivity contribution in [1.82, 2.24) is 5.32 Å². The zero-order valence-corrected chi connectivity index (χ0v) is 8.83. The lowest BCUT2D eigenvalue weighted by molar-refractivity contribution is 0.247. The molecule has 3 nitrogen and oxygen atoms in total. The molecular weight excluding hydrogens is 172 g/mol. The molecule has 0 aromatic carbocycles. The average Bonchev–Trinajstić information content (AvgIpc) is 2.08. The number of nitrogens with two attached hydrogens (primary N) is 1. The van der Waals surface area contributed by atoms with Crippen LogP contribution in [0.5, 0.6) is 0 Å². The van der Waals surface area contributed by atoms with Gasteiger partial charge in [-0.05, 0) is 19.1 Å². The fourth-order valence-electron chi connectivity index (χ4n) is 1.11. The summed E-state index contributed by atoms with van der Waals surface area (Å²) in [7, 11) is 0. The van der Waals surface area contributed by atoms with Gasteiger partial charge in [0.05, 0.1) is 0 Å². The molecule has 0 aliphatic rings. The van der Waals surface area contributed by atoms with Gasteiger partial charge in [0.1, 0.15) is 0 Å². The second-order valence-corrected chi connectivity index (χ2v) is 4.09. The zero-order chi connectivity index (χ0) is 9.61. The summed E-state index contributed by atoms with van der Waals surface area (Å²) in [5.41, 5.74) is 5.00. The van der Waals surface area contributed by atoms with Crippen LogP contribution in [0.3, 0.4) is 0 Å². The molecule has 12 heavy (non-hydrogen) atoms. The van der Waals surface area contributed by atoms with Crippen LogP contribution in [0.15, 0.2) is 0 Å². The molecule has 0 aromatic rings. The van der Waals surface area contributed by atoms with Crippen LogP contribution in [-0.2, 0) is 0 Å². The quantitative estimate of drug-likeness (QED) is 0.691. The molecule has 0 saturated carbocycles. The summed E-state index contributed by atoms with van der Waals surface area (Å²) in [4.78, 5) is 10.5. The standard InChI is InChI=1S/C8H18N2OS/c1-4-8(5-2,12-3)6-10-7(9)11/h4-6H2,1-3H3,(H3,9,10,11). The van der Waals surface area contributed by atoms with Crippen LogP contribution < -0.4 is 11.1 Å². The SMILES string of the molecule is CCC(CC)(CNC(N)=O)SC. The van der Waals surface area contributed by atoms with E-state index in [1.807, 2.05) is 0 Å². The highest BCUT2D eigenvalue weighted by atomic mass is 32.2. The van der Waals surface area contributed by atoms with Gasteiger partial charge < -0.3 is 11.1 Å². The molecule has 72 valence electrons. The van der Waals surface area contributed by atoms with Crippen molar-refractivity contribution in [2.75, 3.05) is 12.8 Å². The lowest BCUT2D eigenvalue weighted by Crippen LogP contribution is -2.41. The first-order chi connectivity index (χ1) is 5.60. The largest absolute Gasteiger partial charge is 0.352 e. The molecular formula is C8H18N2OS. The van der Waals surface area contributed by atoms with Crippen LogP contribution in [0.25, 0.3) is 0 Å². The van der Waals surface area contributed by atoms with E-state index in [2.05, 4.69) is 25.4 Å². The maximum absolute atomic E-state index is 10.5. The van der Waals surface area contributed by atoms with Gasteiger partial charge in [-0.3, -0.25) is 0 Å². The molecule has 3 N–H and O–H groups in total. The van der Waals surface area contributed by atoms with E-state index in [1.54, 1.807) is 11.8 Å².